The van der Waals surface area contributed by atoms with Crippen LogP contribution in [0.25, 0.3) is 22.4 Å². The van der Waals surface area contributed by atoms with E-state index in [9.17, 15) is 4.79 Å². The summed E-state index contributed by atoms with van der Waals surface area (Å²) in [6.45, 7) is 2.77. The van der Waals surface area contributed by atoms with Crippen molar-refractivity contribution in [1.82, 2.24) is 24.5 Å². The monoisotopic (exact) mass is 404 g/mol. The van der Waals surface area contributed by atoms with Gasteiger partial charge in [-0.25, -0.2) is 4.98 Å². The molecule has 0 saturated heterocycles. The van der Waals surface area contributed by atoms with Gasteiger partial charge in [-0.05, 0) is 38.0 Å². The second-order valence-electron chi connectivity index (χ2n) is 7.76. The van der Waals surface area contributed by atoms with Crippen molar-refractivity contribution >= 4 is 22.6 Å². The molecule has 30 heavy (non-hydrogen) atoms. The van der Waals surface area contributed by atoms with Gasteiger partial charge in [0.25, 0.3) is 5.91 Å². The molecule has 0 bridgehead atoms. The van der Waals surface area contributed by atoms with E-state index in [1.165, 1.54) is 32.1 Å². The fourth-order valence-electron chi connectivity index (χ4n) is 4.14. The number of benzene rings is 1. The molecule has 8 nitrogen and oxygen atoms in total. The van der Waals surface area contributed by atoms with Crippen molar-refractivity contribution in [3.05, 3.63) is 48.7 Å². The first-order chi connectivity index (χ1) is 14.7. The first kappa shape index (κ1) is 18.6. The fourth-order valence-corrected chi connectivity index (χ4v) is 4.14. The normalized spacial score (nSPS) is 15.0. The van der Waals surface area contributed by atoms with Crippen LogP contribution in [0, 0.1) is 0 Å². The van der Waals surface area contributed by atoms with Gasteiger partial charge in [-0.1, -0.05) is 24.4 Å². The van der Waals surface area contributed by atoms with Gasteiger partial charge in [-0.3, -0.25) is 9.48 Å². The van der Waals surface area contributed by atoms with Crippen LogP contribution in [0.3, 0.4) is 0 Å². The minimum absolute atomic E-state index is 0.224. The van der Waals surface area contributed by atoms with Gasteiger partial charge < -0.3 is 14.4 Å². The molecule has 5 rings (SSSR count). The van der Waals surface area contributed by atoms with Crippen LogP contribution in [0.5, 0.6) is 0 Å². The zero-order valence-electron chi connectivity index (χ0n) is 16.9. The van der Waals surface area contributed by atoms with E-state index in [-0.39, 0.29) is 11.6 Å². The van der Waals surface area contributed by atoms with Gasteiger partial charge in [-0.15, -0.1) is 0 Å². The predicted molar refractivity (Wildman–Crippen MR) is 113 cm³/mol. The summed E-state index contributed by atoms with van der Waals surface area (Å²) >= 11 is 0. The molecule has 4 aromatic rings. The first-order valence-electron chi connectivity index (χ1n) is 10.5. The highest BCUT2D eigenvalue weighted by atomic mass is 16.5. The maximum absolute atomic E-state index is 12.6. The molecule has 1 aliphatic carbocycles. The van der Waals surface area contributed by atoms with Crippen molar-refractivity contribution in [2.45, 2.75) is 51.6 Å². The molecular weight excluding hydrogens is 380 g/mol. The standard InChI is InChI=1S/C22H24N6O2/c1-2-27-13-15(12-24-27)21-11-19(26-30-21)22(29)25-16-8-9-20-18(10-16)23-14-28(20)17-6-4-3-5-7-17/h8-14,17H,2-7H2,1H3,(H,25,29). The van der Waals surface area contributed by atoms with E-state index < -0.39 is 0 Å². The number of nitrogens with one attached hydrogen (secondary N) is 1. The Labute approximate surface area is 173 Å². The van der Waals surface area contributed by atoms with Crippen molar-refractivity contribution in [1.29, 1.82) is 0 Å². The van der Waals surface area contributed by atoms with Crippen LogP contribution in [-0.4, -0.2) is 30.4 Å². The summed E-state index contributed by atoms with van der Waals surface area (Å²) in [6.07, 6.45) is 11.8. The summed E-state index contributed by atoms with van der Waals surface area (Å²) in [4.78, 5) is 17.2. The number of carbonyl (C=O) groups excluding carboxylic acids is 1. The van der Waals surface area contributed by atoms with E-state index in [0.29, 0.717) is 17.5 Å². The van der Waals surface area contributed by atoms with Gasteiger partial charge in [0.15, 0.2) is 11.5 Å². The molecule has 3 heterocycles. The summed E-state index contributed by atoms with van der Waals surface area (Å²) in [6, 6.07) is 7.99. The number of aromatic nitrogens is 5. The molecule has 1 N–H and O–H groups in total. The Morgan fingerprint density at radius 3 is 2.90 bits per heavy atom. The summed E-state index contributed by atoms with van der Waals surface area (Å²) in [5, 5.41) is 11.0. The number of fused-ring (bicyclic) bond motifs is 1. The second kappa shape index (κ2) is 7.78. The average Bonchev–Trinajstić information content (AvgIpc) is 3.52. The number of rotatable bonds is 5. The Morgan fingerprint density at radius 2 is 2.10 bits per heavy atom. The Balaban J connectivity index is 1.32. The molecule has 0 aliphatic heterocycles. The van der Waals surface area contributed by atoms with E-state index >= 15 is 0 Å². The molecule has 8 heteroatoms. The summed E-state index contributed by atoms with van der Waals surface area (Å²) < 4.78 is 9.40. The van der Waals surface area contributed by atoms with Crippen molar-refractivity contribution in [2.24, 2.45) is 0 Å². The van der Waals surface area contributed by atoms with E-state index in [1.807, 2.05) is 37.6 Å². The zero-order valence-corrected chi connectivity index (χ0v) is 16.9. The Bertz CT molecular complexity index is 1180. The van der Waals surface area contributed by atoms with Crippen molar-refractivity contribution in [2.75, 3.05) is 5.32 Å². The molecule has 0 spiro atoms. The number of hydrogen-bond acceptors (Lipinski definition) is 5. The molecule has 0 radical (unpaired) electrons. The van der Waals surface area contributed by atoms with Crippen LogP contribution in [0.15, 0.2) is 47.5 Å². The zero-order chi connectivity index (χ0) is 20.5. The SMILES string of the molecule is CCn1cc(-c2cc(C(=O)Nc3ccc4c(c3)ncn4C3CCCCC3)no2)cn1. The molecule has 0 unspecified atom stereocenters. The van der Waals surface area contributed by atoms with Gasteiger partial charge >= 0.3 is 0 Å². The average molecular weight is 404 g/mol. The highest BCUT2D eigenvalue weighted by Crippen LogP contribution is 2.31. The van der Waals surface area contributed by atoms with E-state index in [4.69, 9.17) is 4.52 Å². The number of hydrogen-bond donors (Lipinski definition) is 1. The maximum Gasteiger partial charge on any atom is 0.277 e. The molecule has 1 fully saturated rings. The largest absolute Gasteiger partial charge is 0.355 e. The van der Waals surface area contributed by atoms with E-state index in [1.54, 1.807) is 16.9 Å². The lowest BCUT2D eigenvalue weighted by atomic mass is 9.95. The van der Waals surface area contributed by atoms with Gasteiger partial charge in [0, 0.05) is 30.5 Å². The first-order valence-corrected chi connectivity index (χ1v) is 10.5. The molecule has 3 aromatic heterocycles. The predicted octanol–water partition coefficient (Wildman–Crippen LogP) is 4.67. The molecule has 1 saturated carbocycles. The summed E-state index contributed by atoms with van der Waals surface area (Å²) in [5.41, 5.74) is 3.69. The smallest absolute Gasteiger partial charge is 0.277 e. The number of carbonyl (C=O) groups is 1. The quantitative estimate of drug-likeness (QED) is 0.522. The summed E-state index contributed by atoms with van der Waals surface area (Å²) in [5.74, 6) is 0.195. The van der Waals surface area contributed by atoms with Crippen LogP contribution in [0.2, 0.25) is 0 Å². The lowest BCUT2D eigenvalue weighted by Gasteiger charge is -2.23. The molecule has 1 aliphatic rings. The number of amides is 1. The van der Waals surface area contributed by atoms with Crippen molar-refractivity contribution in [3.63, 3.8) is 0 Å². The summed E-state index contributed by atoms with van der Waals surface area (Å²) in [7, 11) is 0. The highest BCUT2D eigenvalue weighted by molar-refractivity contribution is 6.04. The minimum atomic E-state index is -0.320. The molecular formula is C22H24N6O2. The van der Waals surface area contributed by atoms with Crippen molar-refractivity contribution in [3.8, 4) is 11.3 Å². The molecule has 1 amide bonds. The Morgan fingerprint density at radius 1 is 1.23 bits per heavy atom. The minimum Gasteiger partial charge on any atom is -0.355 e. The molecule has 1 aromatic carbocycles. The number of nitrogens with zero attached hydrogens (tertiary/aromatic N) is 5. The van der Waals surface area contributed by atoms with Crippen LogP contribution >= 0.6 is 0 Å². The second-order valence-corrected chi connectivity index (χ2v) is 7.76. The van der Waals surface area contributed by atoms with Crippen LogP contribution in [0.4, 0.5) is 5.69 Å². The Hall–Kier alpha value is -3.42. The van der Waals surface area contributed by atoms with E-state index in [2.05, 4.69) is 25.1 Å². The number of anilines is 1. The third-order valence-corrected chi connectivity index (χ3v) is 5.79. The van der Waals surface area contributed by atoms with Crippen LogP contribution in [-0.2, 0) is 6.54 Å². The fraction of sp³-hybridized carbons (Fsp3) is 0.364. The van der Waals surface area contributed by atoms with Gasteiger partial charge in [0.2, 0.25) is 0 Å². The Kier molecular flexibility index (Phi) is 4.82. The molecule has 0 atom stereocenters. The number of imidazole rings is 1. The van der Waals surface area contributed by atoms with Gasteiger partial charge in [-0.2, -0.15) is 5.10 Å². The third-order valence-electron chi connectivity index (χ3n) is 5.79. The lowest BCUT2D eigenvalue weighted by molar-refractivity contribution is 0.101. The highest BCUT2D eigenvalue weighted by Gasteiger charge is 2.18. The number of aryl methyl sites for hydroxylation is 1. The van der Waals surface area contributed by atoms with Crippen molar-refractivity contribution < 1.29 is 9.32 Å². The molecule has 154 valence electrons. The van der Waals surface area contributed by atoms with Crippen LogP contribution in [0.1, 0.15) is 55.6 Å². The topological polar surface area (TPSA) is 90.8 Å². The third kappa shape index (κ3) is 3.49. The lowest BCUT2D eigenvalue weighted by Crippen LogP contribution is -2.12. The maximum atomic E-state index is 12.6. The van der Waals surface area contributed by atoms with Gasteiger partial charge in [0.1, 0.15) is 0 Å². The van der Waals surface area contributed by atoms with E-state index in [0.717, 1.165) is 23.1 Å². The van der Waals surface area contributed by atoms with Crippen LogP contribution < -0.4 is 5.32 Å². The van der Waals surface area contributed by atoms with Gasteiger partial charge in [0.05, 0.1) is 29.1 Å².